The van der Waals surface area contributed by atoms with Crippen LogP contribution in [0.25, 0.3) is 0 Å². The molecule has 6 nitrogen and oxygen atoms in total. The fourth-order valence-electron chi connectivity index (χ4n) is 4.88. The lowest BCUT2D eigenvalue weighted by atomic mass is 9.90. The SMILES string of the molecule is CC(C)(C)c1cc2n(n1)C[C@@](C)(C(=O)NC1CCCCCCC1)N(c1ccc(Cl)cc1)C2=O. The molecule has 0 spiro atoms. The van der Waals surface area contributed by atoms with Gasteiger partial charge < -0.3 is 5.32 Å². The molecule has 4 rings (SSSR count). The largest absolute Gasteiger partial charge is 0.351 e. The molecule has 178 valence electrons. The topological polar surface area (TPSA) is 67.2 Å². The van der Waals surface area contributed by atoms with E-state index in [4.69, 9.17) is 16.7 Å². The van der Waals surface area contributed by atoms with Crippen molar-refractivity contribution in [1.29, 1.82) is 0 Å². The molecule has 1 aromatic carbocycles. The Hall–Kier alpha value is -2.34. The molecule has 1 fully saturated rings. The first-order chi connectivity index (χ1) is 15.6. The number of hydrogen-bond acceptors (Lipinski definition) is 3. The van der Waals surface area contributed by atoms with Crippen LogP contribution >= 0.6 is 11.6 Å². The molecule has 0 unspecified atom stereocenters. The summed E-state index contributed by atoms with van der Waals surface area (Å²) in [6, 6.07) is 9.11. The average molecular weight is 471 g/mol. The standard InChI is InChI=1S/C26H35ClN4O2/c1-25(2,3)22-16-21-23(32)31(20-14-12-18(27)13-15-20)26(4,17-30(21)29-22)24(33)28-19-10-8-6-5-7-9-11-19/h12-16,19H,5-11,17H2,1-4H3,(H,28,33)/t26-/m0/s1. The second-order valence-corrected chi connectivity index (χ2v) is 11.2. The first kappa shape index (κ1) is 23.8. The van der Waals surface area contributed by atoms with Gasteiger partial charge in [0.15, 0.2) is 0 Å². The third-order valence-corrected chi connectivity index (χ3v) is 7.19. The minimum atomic E-state index is -1.11. The number of nitrogens with zero attached hydrogens (tertiary/aromatic N) is 3. The predicted octanol–water partition coefficient (Wildman–Crippen LogP) is 5.48. The third kappa shape index (κ3) is 4.81. The predicted molar refractivity (Wildman–Crippen MR) is 132 cm³/mol. The van der Waals surface area contributed by atoms with Crippen molar-refractivity contribution in [3.8, 4) is 0 Å². The van der Waals surface area contributed by atoms with E-state index >= 15 is 0 Å². The van der Waals surface area contributed by atoms with Gasteiger partial charge in [-0.25, -0.2) is 0 Å². The van der Waals surface area contributed by atoms with Crippen molar-refractivity contribution >= 4 is 29.1 Å². The van der Waals surface area contributed by atoms with Gasteiger partial charge >= 0.3 is 0 Å². The van der Waals surface area contributed by atoms with Crippen molar-refractivity contribution in [2.24, 2.45) is 0 Å². The number of anilines is 1. The van der Waals surface area contributed by atoms with Gasteiger partial charge in [-0.15, -0.1) is 0 Å². The molecule has 0 bridgehead atoms. The normalized spacial score (nSPS) is 22.5. The molecule has 1 saturated carbocycles. The number of rotatable bonds is 3. The highest BCUT2D eigenvalue weighted by Gasteiger charge is 2.49. The monoisotopic (exact) mass is 470 g/mol. The van der Waals surface area contributed by atoms with Crippen LogP contribution in [0.3, 0.4) is 0 Å². The van der Waals surface area contributed by atoms with Crippen LogP contribution in [0, 0.1) is 0 Å². The lowest BCUT2D eigenvalue weighted by molar-refractivity contribution is -0.127. The van der Waals surface area contributed by atoms with Crippen molar-refractivity contribution < 1.29 is 9.59 Å². The maximum Gasteiger partial charge on any atom is 0.277 e. The van der Waals surface area contributed by atoms with E-state index in [1.807, 2.05) is 13.0 Å². The maximum atomic E-state index is 13.8. The molecule has 2 amide bonds. The Morgan fingerprint density at radius 1 is 1.09 bits per heavy atom. The lowest BCUT2D eigenvalue weighted by Gasteiger charge is -2.43. The lowest BCUT2D eigenvalue weighted by Crippen LogP contribution is -2.65. The third-order valence-electron chi connectivity index (χ3n) is 6.94. The van der Waals surface area contributed by atoms with Gasteiger partial charge in [0.1, 0.15) is 11.2 Å². The number of nitrogens with one attached hydrogen (secondary N) is 1. The molecule has 0 radical (unpaired) electrons. The average Bonchev–Trinajstić information content (AvgIpc) is 3.16. The van der Waals surface area contributed by atoms with Gasteiger partial charge in [0.05, 0.1) is 12.2 Å². The molecule has 33 heavy (non-hydrogen) atoms. The highest BCUT2D eigenvalue weighted by Crippen LogP contribution is 2.35. The molecule has 2 heterocycles. The van der Waals surface area contributed by atoms with E-state index in [9.17, 15) is 9.59 Å². The molecular formula is C26H35ClN4O2. The van der Waals surface area contributed by atoms with E-state index in [1.54, 1.807) is 33.8 Å². The van der Waals surface area contributed by atoms with Gasteiger partial charge in [-0.1, -0.05) is 64.5 Å². The first-order valence-electron chi connectivity index (χ1n) is 12.1. The Balaban J connectivity index is 1.72. The van der Waals surface area contributed by atoms with E-state index in [2.05, 4.69) is 26.1 Å². The Kier molecular flexibility index (Phi) is 6.59. The van der Waals surface area contributed by atoms with Crippen LogP contribution in [0.2, 0.25) is 5.02 Å². The summed E-state index contributed by atoms with van der Waals surface area (Å²) in [5.74, 6) is -0.350. The van der Waals surface area contributed by atoms with Crippen LogP contribution < -0.4 is 10.2 Å². The van der Waals surface area contributed by atoms with E-state index in [-0.39, 0.29) is 23.3 Å². The van der Waals surface area contributed by atoms with Crippen molar-refractivity contribution in [2.45, 2.75) is 96.2 Å². The van der Waals surface area contributed by atoms with Crippen LogP contribution in [0.4, 0.5) is 5.69 Å². The molecule has 7 heteroatoms. The number of carbonyl (C=O) groups excluding carboxylic acids is 2. The summed E-state index contributed by atoms with van der Waals surface area (Å²) in [6.45, 7) is 8.36. The van der Waals surface area contributed by atoms with Crippen molar-refractivity contribution in [3.63, 3.8) is 0 Å². The summed E-state index contributed by atoms with van der Waals surface area (Å²) in [5.41, 5.74) is 0.691. The summed E-state index contributed by atoms with van der Waals surface area (Å²) in [6.07, 6.45) is 7.92. The summed E-state index contributed by atoms with van der Waals surface area (Å²) in [4.78, 5) is 29.3. The number of carbonyl (C=O) groups is 2. The Labute approximate surface area is 201 Å². The van der Waals surface area contributed by atoms with Crippen LogP contribution in [0.1, 0.15) is 88.8 Å². The van der Waals surface area contributed by atoms with Gasteiger partial charge in [0.25, 0.3) is 5.91 Å². The smallest absolute Gasteiger partial charge is 0.277 e. The number of fused-ring (bicyclic) bond motifs is 1. The number of benzene rings is 1. The number of aromatic nitrogens is 2. The molecule has 1 N–H and O–H groups in total. The fourth-order valence-corrected chi connectivity index (χ4v) is 5.01. The van der Waals surface area contributed by atoms with E-state index < -0.39 is 5.54 Å². The van der Waals surface area contributed by atoms with Gasteiger partial charge in [0.2, 0.25) is 5.91 Å². The fraction of sp³-hybridized carbons (Fsp3) is 0.577. The maximum absolute atomic E-state index is 13.8. The Morgan fingerprint density at radius 3 is 2.30 bits per heavy atom. The summed E-state index contributed by atoms with van der Waals surface area (Å²) in [5, 5.41) is 8.62. The highest BCUT2D eigenvalue weighted by atomic mass is 35.5. The molecule has 2 aliphatic rings. The van der Waals surface area contributed by atoms with Crippen LogP contribution in [0.5, 0.6) is 0 Å². The zero-order valence-electron chi connectivity index (χ0n) is 20.2. The molecule has 1 aliphatic heterocycles. The summed E-state index contributed by atoms with van der Waals surface area (Å²) in [7, 11) is 0. The second kappa shape index (κ2) is 9.13. The van der Waals surface area contributed by atoms with Crippen molar-refractivity contribution in [3.05, 3.63) is 46.7 Å². The van der Waals surface area contributed by atoms with E-state index in [0.29, 0.717) is 22.9 Å². The zero-order valence-corrected chi connectivity index (χ0v) is 20.9. The minimum Gasteiger partial charge on any atom is -0.351 e. The zero-order chi connectivity index (χ0) is 23.8. The van der Waals surface area contributed by atoms with E-state index in [0.717, 1.165) is 31.4 Å². The molecule has 1 aliphatic carbocycles. The van der Waals surface area contributed by atoms with Crippen LogP contribution in [-0.4, -0.2) is 33.2 Å². The van der Waals surface area contributed by atoms with Gasteiger partial charge in [-0.2, -0.15) is 5.10 Å². The number of hydrogen-bond donors (Lipinski definition) is 1. The molecule has 0 saturated heterocycles. The Morgan fingerprint density at radius 2 is 1.70 bits per heavy atom. The minimum absolute atomic E-state index is 0.130. The number of amides is 2. The highest BCUT2D eigenvalue weighted by molar-refractivity contribution is 6.30. The van der Waals surface area contributed by atoms with Gasteiger partial charge in [-0.05, 0) is 50.1 Å². The second-order valence-electron chi connectivity index (χ2n) is 10.7. The Bertz CT molecular complexity index is 1020. The number of halogens is 1. The summed E-state index contributed by atoms with van der Waals surface area (Å²) < 4.78 is 1.72. The molecular weight excluding hydrogens is 436 g/mol. The van der Waals surface area contributed by atoms with Gasteiger partial charge in [-0.3, -0.25) is 19.2 Å². The quantitative estimate of drug-likeness (QED) is 0.645. The van der Waals surface area contributed by atoms with Crippen molar-refractivity contribution in [1.82, 2.24) is 15.1 Å². The molecule has 2 aromatic rings. The van der Waals surface area contributed by atoms with Crippen LogP contribution in [-0.2, 0) is 16.8 Å². The van der Waals surface area contributed by atoms with Gasteiger partial charge in [0, 0.05) is 22.2 Å². The summed E-state index contributed by atoms with van der Waals surface area (Å²) >= 11 is 6.12. The van der Waals surface area contributed by atoms with Crippen LogP contribution in [0.15, 0.2) is 30.3 Å². The first-order valence-corrected chi connectivity index (χ1v) is 12.5. The molecule has 1 atom stereocenters. The van der Waals surface area contributed by atoms with E-state index in [1.165, 1.54) is 19.3 Å². The van der Waals surface area contributed by atoms with Crippen molar-refractivity contribution in [2.75, 3.05) is 4.90 Å². The molecule has 1 aromatic heterocycles.